The van der Waals surface area contributed by atoms with E-state index in [0.29, 0.717) is 17.3 Å². The number of amides is 1. The quantitative estimate of drug-likeness (QED) is 0.803. The van der Waals surface area contributed by atoms with Gasteiger partial charge in [-0.05, 0) is 31.2 Å². The molecule has 9 heteroatoms. The minimum Gasteiger partial charge on any atom is -0.467 e. The van der Waals surface area contributed by atoms with E-state index in [-0.39, 0.29) is 18.2 Å². The largest absolute Gasteiger partial charge is 0.467 e. The Morgan fingerprint density at radius 1 is 1.25 bits per heavy atom. The van der Waals surface area contributed by atoms with Crippen molar-refractivity contribution in [1.29, 1.82) is 0 Å². The van der Waals surface area contributed by atoms with E-state index >= 15 is 0 Å². The van der Waals surface area contributed by atoms with Crippen LogP contribution in [0, 0.1) is 0 Å². The van der Waals surface area contributed by atoms with Crippen molar-refractivity contribution in [2.75, 3.05) is 6.79 Å². The normalized spacial score (nSPS) is 14.4. The van der Waals surface area contributed by atoms with Gasteiger partial charge in [0.15, 0.2) is 11.5 Å². The van der Waals surface area contributed by atoms with E-state index in [9.17, 15) is 13.2 Å². The van der Waals surface area contributed by atoms with Gasteiger partial charge in [0, 0.05) is 6.07 Å². The van der Waals surface area contributed by atoms with Crippen LogP contribution in [0.5, 0.6) is 11.5 Å². The van der Waals surface area contributed by atoms with E-state index < -0.39 is 22.0 Å². The molecule has 1 aromatic carbocycles. The third kappa shape index (κ3) is 3.52. The first-order chi connectivity index (χ1) is 11.5. The van der Waals surface area contributed by atoms with Crippen LogP contribution in [0.15, 0.2) is 45.9 Å². The monoisotopic (exact) mass is 352 g/mol. The number of carbonyl (C=O) groups is 1. The van der Waals surface area contributed by atoms with Gasteiger partial charge >= 0.3 is 0 Å². The minimum atomic E-state index is -3.87. The van der Waals surface area contributed by atoms with Gasteiger partial charge in [-0.15, -0.1) is 0 Å². The predicted octanol–water partition coefficient (Wildman–Crippen LogP) is 0.991. The zero-order chi connectivity index (χ0) is 17.2. The molecular formula is C15H16N2O6S. The number of furan rings is 1. The molecule has 0 aliphatic carbocycles. The van der Waals surface area contributed by atoms with Crippen LogP contribution in [-0.4, -0.2) is 27.2 Å². The lowest BCUT2D eigenvalue weighted by molar-refractivity contribution is -0.122. The summed E-state index contributed by atoms with van der Waals surface area (Å²) in [7, 11) is -3.87. The first-order valence-electron chi connectivity index (χ1n) is 7.18. The van der Waals surface area contributed by atoms with Crippen molar-refractivity contribution in [3.63, 3.8) is 0 Å². The molecule has 3 rings (SSSR count). The van der Waals surface area contributed by atoms with Crippen LogP contribution < -0.4 is 19.5 Å². The summed E-state index contributed by atoms with van der Waals surface area (Å²) in [5.74, 6) is 0.955. The molecule has 0 saturated carbocycles. The lowest BCUT2D eigenvalue weighted by Crippen LogP contribution is -2.44. The number of benzene rings is 1. The van der Waals surface area contributed by atoms with Crippen LogP contribution >= 0.6 is 0 Å². The van der Waals surface area contributed by atoms with Gasteiger partial charge in [-0.3, -0.25) is 4.79 Å². The van der Waals surface area contributed by atoms with Crippen molar-refractivity contribution in [2.24, 2.45) is 0 Å². The van der Waals surface area contributed by atoms with Gasteiger partial charge in [0.2, 0.25) is 22.7 Å². The molecule has 0 spiro atoms. The Kier molecular flexibility index (Phi) is 4.45. The van der Waals surface area contributed by atoms with Crippen molar-refractivity contribution in [3.8, 4) is 11.5 Å². The Balaban J connectivity index is 1.64. The van der Waals surface area contributed by atoms with E-state index in [1.807, 2.05) is 0 Å². The Bertz CT molecular complexity index is 832. The molecule has 0 radical (unpaired) electrons. The fourth-order valence-electron chi connectivity index (χ4n) is 2.14. The molecule has 1 aliphatic rings. The molecule has 0 saturated heterocycles. The molecular weight excluding hydrogens is 336 g/mol. The summed E-state index contributed by atoms with van der Waals surface area (Å²) >= 11 is 0. The number of hydrogen-bond donors (Lipinski definition) is 2. The number of rotatable bonds is 6. The summed E-state index contributed by atoms with van der Waals surface area (Å²) < 4.78 is 42.5. The molecule has 8 nitrogen and oxygen atoms in total. The van der Waals surface area contributed by atoms with E-state index in [0.717, 1.165) is 0 Å². The average Bonchev–Trinajstić information content (AvgIpc) is 3.22. The molecule has 2 N–H and O–H groups in total. The Morgan fingerprint density at radius 2 is 2.04 bits per heavy atom. The first-order valence-corrected chi connectivity index (χ1v) is 8.66. The molecule has 1 atom stereocenters. The SMILES string of the molecule is C[C@@H](NS(=O)(=O)c1ccc2c(c1)OCO2)C(=O)NCc1ccco1. The van der Waals surface area contributed by atoms with Crippen molar-refractivity contribution in [1.82, 2.24) is 10.0 Å². The maximum atomic E-state index is 12.4. The molecule has 0 bridgehead atoms. The second-order valence-electron chi connectivity index (χ2n) is 5.16. The maximum absolute atomic E-state index is 12.4. The topological polar surface area (TPSA) is 107 Å². The highest BCUT2D eigenvalue weighted by Gasteiger charge is 2.24. The number of hydrogen-bond acceptors (Lipinski definition) is 6. The average molecular weight is 352 g/mol. The summed E-state index contributed by atoms with van der Waals surface area (Å²) in [6.07, 6.45) is 1.49. The first kappa shape index (κ1) is 16.3. The van der Waals surface area contributed by atoms with E-state index in [4.69, 9.17) is 13.9 Å². The Hall–Kier alpha value is -2.52. The lowest BCUT2D eigenvalue weighted by atomic mass is 10.3. The van der Waals surface area contributed by atoms with E-state index in [1.165, 1.54) is 31.4 Å². The summed E-state index contributed by atoms with van der Waals surface area (Å²) in [5.41, 5.74) is 0. The Labute approximate surface area is 138 Å². The minimum absolute atomic E-state index is 0.00238. The van der Waals surface area contributed by atoms with Crippen molar-refractivity contribution < 1.29 is 27.1 Å². The van der Waals surface area contributed by atoms with Crippen molar-refractivity contribution in [2.45, 2.75) is 24.4 Å². The maximum Gasteiger partial charge on any atom is 0.241 e. The smallest absolute Gasteiger partial charge is 0.241 e. The third-order valence-corrected chi connectivity index (χ3v) is 4.93. The highest BCUT2D eigenvalue weighted by Crippen LogP contribution is 2.33. The van der Waals surface area contributed by atoms with Crippen LogP contribution in [0.25, 0.3) is 0 Å². The number of ether oxygens (including phenoxy) is 2. The molecule has 1 aliphatic heterocycles. The van der Waals surface area contributed by atoms with Gasteiger partial charge < -0.3 is 19.2 Å². The molecule has 2 aromatic rings. The summed E-state index contributed by atoms with van der Waals surface area (Å²) in [6.45, 7) is 1.70. The summed E-state index contributed by atoms with van der Waals surface area (Å²) in [4.78, 5) is 12.0. The zero-order valence-corrected chi connectivity index (χ0v) is 13.6. The number of carbonyl (C=O) groups excluding carboxylic acids is 1. The van der Waals surface area contributed by atoms with Crippen LogP contribution in [0.2, 0.25) is 0 Å². The number of sulfonamides is 1. The Morgan fingerprint density at radius 3 is 2.79 bits per heavy atom. The fourth-order valence-corrected chi connectivity index (χ4v) is 3.36. The van der Waals surface area contributed by atoms with Crippen LogP contribution in [0.3, 0.4) is 0 Å². The molecule has 24 heavy (non-hydrogen) atoms. The van der Waals surface area contributed by atoms with E-state index in [1.54, 1.807) is 12.1 Å². The van der Waals surface area contributed by atoms with Gasteiger partial charge in [-0.1, -0.05) is 0 Å². The van der Waals surface area contributed by atoms with Gasteiger partial charge in [0.1, 0.15) is 5.76 Å². The van der Waals surface area contributed by atoms with Crippen LogP contribution in [0.4, 0.5) is 0 Å². The molecule has 1 aromatic heterocycles. The summed E-state index contributed by atoms with van der Waals surface area (Å²) in [6, 6.07) is 6.73. The van der Waals surface area contributed by atoms with Crippen molar-refractivity contribution in [3.05, 3.63) is 42.4 Å². The molecule has 1 amide bonds. The fraction of sp³-hybridized carbons (Fsp3) is 0.267. The molecule has 2 heterocycles. The molecule has 0 fully saturated rings. The van der Waals surface area contributed by atoms with Crippen molar-refractivity contribution >= 4 is 15.9 Å². The second kappa shape index (κ2) is 6.54. The molecule has 0 unspecified atom stereocenters. The van der Waals surface area contributed by atoms with Crippen LogP contribution in [-0.2, 0) is 21.4 Å². The van der Waals surface area contributed by atoms with Crippen LogP contribution in [0.1, 0.15) is 12.7 Å². The predicted molar refractivity (Wildman–Crippen MR) is 82.9 cm³/mol. The van der Waals surface area contributed by atoms with Gasteiger partial charge in [-0.25, -0.2) is 8.42 Å². The molecule has 128 valence electrons. The lowest BCUT2D eigenvalue weighted by Gasteiger charge is -2.14. The van der Waals surface area contributed by atoms with Gasteiger partial charge in [-0.2, -0.15) is 4.72 Å². The standard InChI is InChI=1S/C15H16N2O6S/c1-10(15(18)16-8-11-3-2-6-21-11)17-24(19,20)12-4-5-13-14(7-12)23-9-22-13/h2-7,10,17H,8-9H2,1H3,(H,16,18)/t10-/m1/s1. The van der Waals surface area contributed by atoms with E-state index in [2.05, 4.69) is 10.0 Å². The second-order valence-corrected chi connectivity index (χ2v) is 6.87. The summed E-state index contributed by atoms with van der Waals surface area (Å²) in [5, 5.41) is 2.60. The number of fused-ring (bicyclic) bond motifs is 1. The third-order valence-electron chi connectivity index (χ3n) is 3.40. The highest BCUT2D eigenvalue weighted by atomic mass is 32.2. The van der Waals surface area contributed by atoms with Gasteiger partial charge in [0.25, 0.3) is 0 Å². The number of nitrogens with one attached hydrogen (secondary N) is 2. The highest BCUT2D eigenvalue weighted by molar-refractivity contribution is 7.89. The zero-order valence-electron chi connectivity index (χ0n) is 12.8. The van der Waals surface area contributed by atoms with Gasteiger partial charge in [0.05, 0.1) is 23.7 Å².